The van der Waals surface area contributed by atoms with Crippen LogP contribution in [0.1, 0.15) is 32.1 Å². The van der Waals surface area contributed by atoms with E-state index in [-0.39, 0.29) is 57.5 Å². The summed E-state index contributed by atoms with van der Waals surface area (Å²) >= 11 is 0. The largest absolute Gasteiger partial charge is 0.331 e. The molecule has 2 nitrogen and oxygen atoms in total. The number of hydrogen-bond donors (Lipinski definition) is 0. The Kier molecular flexibility index (Phi) is 20.5. The second kappa shape index (κ2) is 14.7. The van der Waals surface area contributed by atoms with Crippen LogP contribution in [0.4, 0.5) is 0 Å². The van der Waals surface area contributed by atoms with Crippen molar-refractivity contribution < 1.29 is 8.97 Å². The van der Waals surface area contributed by atoms with Crippen molar-refractivity contribution in [2.75, 3.05) is 67.7 Å². The monoisotopic (exact) mass is 432 g/mol. The van der Waals surface area contributed by atoms with Crippen LogP contribution >= 0.6 is 57.5 Å². The van der Waals surface area contributed by atoms with E-state index in [0.717, 1.165) is 14.6 Å². The summed E-state index contributed by atoms with van der Waals surface area (Å²) in [5.74, 6) is 0. The Labute approximate surface area is 171 Å². The lowest BCUT2D eigenvalue weighted by atomic mass is 10.0. The molecule has 1 saturated carbocycles. The van der Waals surface area contributed by atoms with Gasteiger partial charge in [-0.25, -0.2) is 0 Å². The van der Waals surface area contributed by atoms with Crippen molar-refractivity contribution in [1.82, 2.24) is 0 Å². The van der Waals surface area contributed by atoms with Crippen molar-refractivity contribution >= 4 is 57.5 Å². The average Bonchev–Trinajstić information content (AvgIpc) is 2.27. The number of quaternary nitrogens is 2. The Balaban J connectivity index is -0.000000451. The summed E-state index contributed by atoms with van der Waals surface area (Å²) in [4.78, 5) is 0. The van der Waals surface area contributed by atoms with Crippen LogP contribution in [0.5, 0.6) is 0 Å². The molecule has 0 aromatic rings. The molecule has 0 N–H and O–H groups in total. The number of halogens is 4. The van der Waals surface area contributed by atoms with Crippen molar-refractivity contribution in [3.05, 3.63) is 0 Å². The molecule has 7 heteroatoms. The first-order chi connectivity index (χ1) is 8.67. The predicted molar refractivity (Wildman–Crippen MR) is 118 cm³/mol. The van der Waals surface area contributed by atoms with Gasteiger partial charge in [-0.15, -0.1) is 49.6 Å². The second-order valence-electron chi connectivity index (χ2n) is 8.36. The van der Waals surface area contributed by atoms with E-state index in [1.165, 1.54) is 57.5 Å². The van der Waals surface area contributed by atoms with E-state index in [4.69, 9.17) is 0 Å². The minimum Gasteiger partial charge on any atom is -0.331 e. The fourth-order valence-electron chi connectivity index (χ4n) is 2.78. The van der Waals surface area contributed by atoms with E-state index in [0.29, 0.717) is 0 Å². The Hall–Kier alpha value is 1.51. The van der Waals surface area contributed by atoms with E-state index < -0.39 is 0 Å². The molecule has 23 heavy (non-hydrogen) atoms. The first-order valence-corrected chi connectivity index (χ1v) is 9.80. The molecular weight excluding hydrogens is 393 g/mol. The summed E-state index contributed by atoms with van der Waals surface area (Å²) in [5, 5.41) is 0. The molecule has 0 amide bonds. The molecule has 1 fully saturated rings. The highest BCUT2D eigenvalue weighted by Crippen LogP contribution is 2.47. The molecule has 0 spiro atoms. The highest BCUT2D eigenvalue weighted by atomic mass is 35.5. The molecule has 1 aliphatic carbocycles. The molecular formula is C16H41Cl4N2P+2. The molecule has 0 saturated heterocycles. The van der Waals surface area contributed by atoms with Crippen LogP contribution < -0.4 is 0 Å². The first-order valence-electron chi connectivity index (χ1n) is 8.02. The quantitative estimate of drug-likeness (QED) is 0.395. The van der Waals surface area contributed by atoms with Crippen molar-refractivity contribution in [2.45, 2.75) is 37.8 Å². The lowest BCUT2D eigenvalue weighted by molar-refractivity contribution is -0.868. The molecule has 0 heterocycles. The highest BCUT2D eigenvalue weighted by Gasteiger charge is 2.26. The fraction of sp³-hybridized carbons (Fsp3) is 1.00. The SMILES string of the molecule is C[N+](C)(C)CCP(CC[N+](C)(C)C)C1CCCCC1.Cl.Cl.Cl.Cl. The summed E-state index contributed by atoms with van der Waals surface area (Å²) in [6.45, 7) is 2.72. The molecule has 0 unspecified atom stereocenters. The smallest absolute Gasteiger partial charge is 0.0820 e. The van der Waals surface area contributed by atoms with Gasteiger partial charge in [-0.05, 0) is 18.5 Å². The number of rotatable bonds is 7. The third-order valence-electron chi connectivity index (χ3n) is 4.21. The molecule has 146 valence electrons. The predicted octanol–water partition coefficient (Wildman–Crippen LogP) is 4.90. The van der Waals surface area contributed by atoms with Gasteiger partial charge in [-0.2, -0.15) is 0 Å². The van der Waals surface area contributed by atoms with Gasteiger partial charge in [0.1, 0.15) is 0 Å². The Morgan fingerprint density at radius 3 is 1.30 bits per heavy atom. The van der Waals surface area contributed by atoms with Crippen LogP contribution in [0, 0.1) is 0 Å². The summed E-state index contributed by atoms with van der Waals surface area (Å²) < 4.78 is 2.27. The van der Waals surface area contributed by atoms with Gasteiger partial charge >= 0.3 is 0 Å². The average molecular weight is 434 g/mol. The lowest BCUT2D eigenvalue weighted by Gasteiger charge is -2.35. The molecule has 0 bridgehead atoms. The maximum atomic E-state index is 2.34. The van der Waals surface area contributed by atoms with Gasteiger partial charge in [0.25, 0.3) is 0 Å². The van der Waals surface area contributed by atoms with Gasteiger partial charge in [0, 0.05) is 12.3 Å². The zero-order valence-corrected chi connectivity index (χ0v) is 20.1. The maximum Gasteiger partial charge on any atom is 0.0820 e. The van der Waals surface area contributed by atoms with Gasteiger partial charge in [0.05, 0.1) is 55.4 Å². The van der Waals surface area contributed by atoms with E-state index in [9.17, 15) is 0 Å². The number of hydrogen-bond acceptors (Lipinski definition) is 0. The molecule has 1 aliphatic rings. The van der Waals surface area contributed by atoms with E-state index in [1.54, 1.807) is 0 Å². The second-order valence-corrected chi connectivity index (χ2v) is 11.2. The number of nitrogens with zero attached hydrogens (tertiary/aromatic N) is 2. The van der Waals surface area contributed by atoms with Gasteiger partial charge in [0.2, 0.25) is 0 Å². The van der Waals surface area contributed by atoms with Crippen molar-refractivity contribution in [3.8, 4) is 0 Å². The summed E-state index contributed by atoms with van der Waals surface area (Å²) in [7, 11) is 14.3. The molecule has 0 aromatic carbocycles. The summed E-state index contributed by atoms with van der Waals surface area (Å²) in [6.07, 6.45) is 10.5. The minimum absolute atomic E-state index is 0. The standard InChI is InChI=1S/C16H37N2P.4ClH/c1-17(2,3)12-14-19(15-13-18(4,5)6)16-10-8-7-9-11-16;;;;/h16H,7-15H2,1-6H3;4*1H/q+2;;;;. The molecule has 0 aliphatic heterocycles. The maximum absolute atomic E-state index is 2.34. The van der Waals surface area contributed by atoms with Crippen LogP contribution in [0.2, 0.25) is 0 Å². The van der Waals surface area contributed by atoms with Crippen molar-refractivity contribution in [3.63, 3.8) is 0 Å². The summed E-state index contributed by atoms with van der Waals surface area (Å²) in [6, 6.07) is 0. The van der Waals surface area contributed by atoms with Gasteiger partial charge in [-0.3, -0.25) is 0 Å². The zero-order chi connectivity index (χ0) is 14.5. The first kappa shape index (κ1) is 32.2. The molecule has 0 radical (unpaired) electrons. The van der Waals surface area contributed by atoms with Gasteiger partial charge < -0.3 is 8.97 Å². The Morgan fingerprint density at radius 2 is 1.00 bits per heavy atom. The molecule has 1 rings (SSSR count). The fourth-order valence-corrected chi connectivity index (χ4v) is 6.54. The summed E-state index contributed by atoms with van der Waals surface area (Å²) in [5.41, 5.74) is 1.09. The normalized spacial score (nSPS) is 15.8. The topological polar surface area (TPSA) is 0 Å². The van der Waals surface area contributed by atoms with E-state index >= 15 is 0 Å². The van der Waals surface area contributed by atoms with Crippen LogP contribution in [0.25, 0.3) is 0 Å². The van der Waals surface area contributed by atoms with Gasteiger partial charge in [-0.1, -0.05) is 27.2 Å². The van der Waals surface area contributed by atoms with E-state index in [2.05, 4.69) is 42.3 Å². The van der Waals surface area contributed by atoms with Crippen LogP contribution in [-0.2, 0) is 0 Å². The van der Waals surface area contributed by atoms with E-state index in [1.807, 2.05) is 0 Å². The highest BCUT2D eigenvalue weighted by molar-refractivity contribution is 7.58. The van der Waals surface area contributed by atoms with Crippen LogP contribution in [0.3, 0.4) is 0 Å². The van der Waals surface area contributed by atoms with Crippen molar-refractivity contribution in [1.29, 1.82) is 0 Å². The Morgan fingerprint density at radius 1 is 0.652 bits per heavy atom. The Bertz CT molecular complexity index is 244. The van der Waals surface area contributed by atoms with Crippen LogP contribution in [0.15, 0.2) is 0 Å². The third-order valence-corrected chi connectivity index (χ3v) is 7.31. The minimum atomic E-state index is 0. The molecule has 0 aromatic heterocycles. The van der Waals surface area contributed by atoms with Gasteiger partial charge in [0.15, 0.2) is 0 Å². The van der Waals surface area contributed by atoms with Crippen molar-refractivity contribution in [2.24, 2.45) is 0 Å². The molecule has 0 atom stereocenters. The lowest BCUT2D eigenvalue weighted by Crippen LogP contribution is -2.39. The van der Waals surface area contributed by atoms with Crippen LogP contribution in [-0.4, -0.2) is 82.3 Å². The third kappa shape index (κ3) is 16.7. The zero-order valence-electron chi connectivity index (χ0n) is 15.9.